The molecule has 2 rings (SSSR count). The van der Waals surface area contributed by atoms with E-state index in [0.29, 0.717) is 17.1 Å². The van der Waals surface area contributed by atoms with Gasteiger partial charge in [0.2, 0.25) is 0 Å². The first-order valence-electron chi connectivity index (χ1n) is 4.95. The van der Waals surface area contributed by atoms with E-state index in [4.69, 9.17) is 10.5 Å². The Morgan fingerprint density at radius 2 is 2.06 bits per heavy atom. The van der Waals surface area contributed by atoms with Crippen LogP contribution < -0.4 is 10.8 Å². The molecule has 1 heterocycles. The van der Waals surface area contributed by atoms with Gasteiger partial charge in [0.05, 0.1) is 17.3 Å². The van der Waals surface area contributed by atoms with Crippen molar-refractivity contribution in [1.29, 1.82) is 5.26 Å². The van der Waals surface area contributed by atoms with Crippen LogP contribution in [0.15, 0.2) is 42.6 Å². The molecule has 3 N–H and O–H groups in total. The van der Waals surface area contributed by atoms with Crippen LogP contribution in [0, 0.1) is 11.3 Å². The van der Waals surface area contributed by atoms with Crippen molar-refractivity contribution in [3.63, 3.8) is 0 Å². The van der Waals surface area contributed by atoms with Crippen LogP contribution in [0.1, 0.15) is 5.56 Å². The van der Waals surface area contributed by atoms with Gasteiger partial charge in [0.1, 0.15) is 5.82 Å². The zero-order valence-corrected chi connectivity index (χ0v) is 8.88. The summed E-state index contributed by atoms with van der Waals surface area (Å²) in [6.07, 6.45) is 1.56. The normalized spacial score (nSPS) is 9.41. The lowest BCUT2D eigenvalue weighted by molar-refractivity contribution is 0.389. The number of hydrogen-bond donors (Lipinski definition) is 3. The predicted octanol–water partition coefficient (Wildman–Crippen LogP) is 2.50. The summed E-state index contributed by atoms with van der Waals surface area (Å²) in [5.41, 5.74) is 3.93. The lowest BCUT2D eigenvalue weighted by Gasteiger charge is -2.06. The van der Waals surface area contributed by atoms with Crippen LogP contribution in [-0.2, 0) is 0 Å². The number of pyridine rings is 1. The molecular formula is C12H10N4O. The Morgan fingerprint density at radius 1 is 1.18 bits per heavy atom. The molecule has 0 fully saturated rings. The number of hydrogen-bond acceptors (Lipinski definition) is 5. The highest BCUT2D eigenvalue weighted by molar-refractivity contribution is 5.61. The Kier molecular flexibility index (Phi) is 3.19. The maximum Gasteiger partial charge on any atom is 0.132 e. The fourth-order valence-electron chi connectivity index (χ4n) is 1.38. The second kappa shape index (κ2) is 4.96. The fourth-order valence-corrected chi connectivity index (χ4v) is 1.38. The molecule has 0 amide bonds. The molecule has 0 bridgehead atoms. The van der Waals surface area contributed by atoms with E-state index < -0.39 is 0 Å². The van der Waals surface area contributed by atoms with Crippen molar-refractivity contribution in [2.45, 2.75) is 0 Å². The van der Waals surface area contributed by atoms with Crippen molar-refractivity contribution in [1.82, 2.24) is 4.98 Å². The Balaban J connectivity index is 2.22. The number of nitrogens with zero attached hydrogens (tertiary/aromatic N) is 2. The van der Waals surface area contributed by atoms with E-state index >= 15 is 0 Å². The van der Waals surface area contributed by atoms with Gasteiger partial charge < -0.3 is 5.32 Å². The Hall–Kier alpha value is -2.58. The molecule has 5 nitrogen and oxygen atoms in total. The van der Waals surface area contributed by atoms with E-state index in [1.165, 1.54) is 0 Å². The summed E-state index contributed by atoms with van der Waals surface area (Å²) in [5.74, 6) is 0.583. The lowest BCUT2D eigenvalue weighted by atomic mass is 10.2. The molecule has 1 aromatic heterocycles. The van der Waals surface area contributed by atoms with E-state index in [1.54, 1.807) is 36.5 Å². The van der Waals surface area contributed by atoms with Crippen LogP contribution in [0.2, 0.25) is 0 Å². The highest BCUT2D eigenvalue weighted by Gasteiger charge is 1.98. The van der Waals surface area contributed by atoms with Crippen LogP contribution in [0.5, 0.6) is 0 Å². The van der Waals surface area contributed by atoms with Crippen LogP contribution in [0.4, 0.5) is 17.2 Å². The molecule has 5 heteroatoms. The van der Waals surface area contributed by atoms with Gasteiger partial charge in [-0.15, -0.1) is 0 Å². The molecule has 84 valence electrons. The topological polar surface area (TPSA) is 81.0 Å². The monoisotopic (exact) mass is 226 g/mol. The Labute approximate surface area is 98.3 Å². The van der Waals surface area contributed by atoms with Crippen LogP contribution >= 0.6 is 0 Å². The molecule has 0 aliphatic rings. The van der Waals surface area contributed by atoms with Crippen LogP contribution in [0.3, 0.4) is 0 Å². The van der Waals surface area contributed by atoms with Gasteiger partial charge in [-0.3, -0.25) is 10.7 Å². The first-order chi connectivity index (χ1) is 8.31. The Bertz CT molecular complexity index is 562. The molecule has 0 saturated carbocycles. The van der Waals surface area contributed by atoms with Crippen molar-refractivity contribution in [2.75, 3.05) is 10.8 Å². The largest absolute Gasteiger partial charge is 0.340 e. The van der Waals surface area contributed by atoms with E-state index in [1.807, 2.05) is 11.5 Å². The smallest absolute Gasteiger partial charge is 0.132 e. The van der Waals surface area contributed by atoms with E-state index in [-0.39, 0.29) is 0 Å². The zero-order valence-electron chi connectivity index (χ0n) is 8.88. The van der Waals surface area contributed by atoms with E-state index in [0.717, 1.165) is 5.69 Å². The first kappa shape index (κ1) is 10.9. The fraction of sp³-hybridized carbons (Fsp3) is 0. The van der Waals surface area contributed by atoms with Gasteiger partial charge >= 0.3 is 0 Å². The van der Waals surface area contributed by atoms with Crippen LogP contribution in [0.25, 0.3) is 0 Å². The summed E-state index contributed by atoms with van der Waals surface area (Å²) >= 11 is 0. The molecular weight excluding hydrogens is 216 g/mol. The molecule has 0 atom stereocenters. The van der Waals surface area contributed by atoms with Gasteiger partial charge in [-0.25, -0.2) is 4.98 Å². The Morgan fingerprint density at radius 3 is 2.82 bits per heavy atom. The number of rotatable bonds is 3. The van der Waals surface area contributed by atoms with Crippen LogP contribution in [-0.4, -0.2) is 10.2 Å². The second-order valence-electron chi connectivity index (χ2n) is 3.36. The third kappa shape index (κ3) is 2.71. The quantitative estimate of drug-likeness (QED) is 0.700. The maximum absolute atomic E-state index is 8.77. The summed E-state index contributed by atoms with van der Waals surface area (Å²) in [6.45, 7) is 0. The van der Waals surface area contributed by atoms with Gasteiger partial charge in [-0.2, -0.15) is 5.26 Å². The summed E-state index contributed by atoms with van der Waals surface area (Å²) < 4.78 is 0. The van der Waals surface area contributed by atoms with Crippen molar-refractivity contribution >= 4 is 17.2 Å². The van der Waals surface area contributed by atoms with E-state index in [2.05, 4.69) is 16.4 Å². The number of anilines is 3. The minimum atomic E-state index is 0.541. The zero-order chi connectivity index (χ0) is 12.1. The predicted molar refractivity (Wildman–Crippen MR) is 64.1 cm³/mol. The first-order valence-corrected chi connectivity index (χ1v) is 4.95. The SMILES string of the molecule is N#Cc1cccc(Nc2cc(NO)ccn2)c1. The van der Waals surface area contributed by atoms with E-state index in [9.17, 15) is 0 Å². The number of aromatic nitrogens is 1. The molecule has 0 radical (unpaired) electrons. The van der Waals surface area contributed by atoms with Gasteiger partial charge in [0, 0.05) is 18.0 Å². The molecule has 0 spiro atoms. The minimum Gasteiger partial charge on any atom is -0.340 e. The number of nitrogens with one attached hydrogen (secondary N) is 2. The summed E-state index contributed by atoms with van der Waals surface area (Å²) in [7, 11) is 0. The lowest BCUT2D eigenvalue weighted by Crippen LogP contribution is -1.96. The van der Waals surface area contributed by atoms with Crippen molar-refractivity contribution < 1.29 is 5.21 Å². The summed E-state index contributed by atoms with van der Waals surface area (Å²) in [4.78, 5) is 4.09. The van der Waals surface area contributed by atoms with Gasteiger partial charge in [-0.05, 0) is 24.3 Å². The molecule has 0 unspecified atom stereocenters. The number of benzene rings is 1. The highest BCUT2D eigenvalue weighted by atomic mass is 16.5. The third-order valence-corrected chi connectivity index (χ3v) is 2.15. The average Bonchev–Trinajstić information content (AvgIpc) is 2.39. The van der Waals surface area contributed by atoms with Crippen molar-refractivity contribution in [3.8, 4) is 6.07 Å². The standard InChI is InChI=1S/C12H10N4O/c13-8-9-2-1-3-10(6-9)15-12-7-11(16-17)4-5-14-12/h1-7,17H,(H2,14,15,16). The maximum atomic E-state index is 8.77. The molecule has 0 saturated heterocycles. The minimum absolute atomic E-state index is 0.541. The van der Waals surface area contributed by atoms with Crippen molar-refractivity contribution in [2.24, 2.45) is 0 Å². The summed E-state index contributed by atoms with van der Waals surface area (Å²) in [6, 6.07) is 12.4. The average molecular weight is 226 g/mol. The molecule has 0 aliphatic heterocycles. The second-order valence-corrected chi connectivity index (χ2v) is 3.36. The van der Waals surface area contributed by atoms with Gasteiger partial charge in [0.15, 0.2) is 0 Å². The molecule has 1 aromatic carbocycles. The van der Waals surface area contributed by atoms with Gasteiger partial charge in [-0.1, -0.05) is 6.07 Å². The molecule has 17 heavy (non-hydrogen) atoms. The van der Waals surface area contributed by atoms with Crippen molar-refractivity contribution in [3.05, 3.63) is 48.2 Å². The summed E-state index contributed by atoms with van der Waals surface area (Å²) in [5, 5.41) is 20.6. The molecule has 0 aliphatic carbocycles. The molecule has 2 aromatic rings. The highest BCUT2D eigenvalue weighted by Crippen LogP contribution is 2.18. The third-order valence-electron chi connectivity index (χ3n) is 2.15. The van der Waals surface area contributed by atoms with Gasteiger partial charge in [0.25, 0.3) is 0 Å². The number of nitriles is 1.